The molecule has 0 heterocycles. The van der Waals surface area contributed by atoms with Gasteiger partial charge >= 0.3 is 0 Å². The first kappa shape index (κ1) is 18.4. The van der Waals surface area contributed by atoms with Crippen molar-refractivity contribution in [2.24, 2.45) is 0 Å². The van der Waals surface area contributed by atoms with E-state index in [4.69, 9.17) is 4.74 Å². The Morgan fingerprint density at radius 2 is 1.62 bits per heavy atom. The number of aryl methyl sites for hydroxylation is 1. The fraction of sp³-hybridized carbons (Fsp3) is 0.238. The maximum absolute atomic E-state index is 12.9. The Morgan fingerprint density at radius 1 is 0.962 bits per heavy atom. The normalized spacial score (nSPS) is 12.9. The molecule has 0 amide bonds. The average molecular weight is 369 g/mol. The highest BCUT2D eigenvalue weighted by Crippen LogP contribution is 2.25. The van der Waals surface area contributed by atoms with Crippen molar-refractivity contribution in [1.82, 2.24) is 4.72 Å². The Morgan fingerprint density at radius 3 is 2.27 bits per heavy atom. The number of rotatable bonds is 6. The van der Waals surface area contributed by atoms with Crippen LogP contribution in [0.2, 0.25) is 0 Å². The topological polar surface area (TPSA) is 55.4 Å². The molecule has 3 aromatic rings. The van der Waals surface area contributed by atoms with Crippen LogP contribution in [0.3, 0.4) is 0 Å². The quantitative estimate of drug-likeness (QED) is 0.691. The Hall–Kier alpha value is -2.37. The van der Waals surface area contributed by atoms with Crippen LogP contribution in [0.1, 0.15) is 30.5 Å². The van der Waals surface area contributed by atoms with Gasteiger partial charge in [-0.1, -0.05) is 48.9 Å². The van der Waals surface area contributed by atoms with Crippen molar-refractivity contribution in [2.45, 2.75) is 31.2 Å². The maximum Gasteiger partial charge on any atom is 0.241 e. The lowest BCUT2D eigenvalue weighted by Gasteiger charge is -2.18. The van der Waals surface area contributed by atoms with Crippen molar-refractivity contribution in [2.75, 3.05) is 7.11 Å². The van der Waals surface area contributed by atoms with Crippen molar-refractivity contribution >= 4 is 20.8 Å². The van der Waals surface area contributed by atoms with Crippen molar-refractivity contribution in [3.8, 4) is 5.75 Å². The highest BCUT2D eigenvalue weighted by Gasteiger charge is 2.20. The van der Waals surface area contributed by atoms with Crippen molar-refractivity contribution in [3.63, 3.8) is 0 Å². The predicted molar refractivity (Wildman–Crippen MR) is 105 cm³/mol. The molecule has 0 bridgehead atoms. The van der Waals surface area contributed by atoms with E-state index in [1.807, 2.05) is 56.3 Å². The minimum absolute atomic E-state index is 0.257. The van der Waals surface area contributed by atoms with Crippen LogP contribution >= 0.6 is 0 Å². The van der Waals surface area contributed by atoms with Crippen LogP contribution in [0.15, 0.2) is 65.6 Å². The van der Waals surface area contributed by atoms with Crippen LogP contribution in [0.5, 0.6) is 5.75 Å². The lowest BCUT2D eigenvalue weighted by Crippen LogP contribution is -2.28. The van der Waals surface area contributed by atoms with Gasteiger partial charge in [0.25, 0.3) is 0 Å². The number of ether oxygens (including phenoxy) is 1. The van der Waals surface area contributed by atoms with Gasteiger partial charge in [-0.15, -0.1) is 0 Å². The second kappa shape index (κ2) is 7.48. The van der Waals surface area contributed by atoms with E-state index in [0.717, 1.165) is 27.6 Å². The highest BCUT2D eigenvalue weighted by molar-refractivity contribution is 7.89. The van der Waals surface area contributed by atoms with E-state index >= 15 is 0 Å². The first-order valence-corrected chi connectivity index (χ1v) is 10.1. The van der Waals surface area contributed by atoms with Crippen LogP contribution in [-0.2, 0) is 10.0 Å². The minimum Gasteiger partial charge on any atom is -0.497 e. The van der Waals surface area contributed by atoms with Gasteiger partial charge in [0.15, 0.2) is 0 Å². The second-order valence-corrected chi connectivity index (χ2v) is 8.08. The molecular formula is C21H23NO3S. The van der Waals surface area contributed by atoms with Gasteiger partial charge in [-0.25, -0.2) is 13.1 Å². The van der Waals surface area contributed by atoms with E-state index in [1.54, 1.807) is 25.3 Å². The summed E-state index contributed by atoms with van der Waals surface area (Å²) in [6.07, 6.45) is 0.674. The van der Waals surface area contributed by atoms with Gasteiger partial charge in [0.05, 0.1) is 12.0 Å². The summed E-state index contributed by atoms with van der Waals surface area (Å²) >= 11 is 0. The fourth-order valence-corrected chi connectivity index (χ4v) is 4.28. The summed E-state index contributed by atoms with van der Waals surface area (Å²) in [7, 11) is -2.01. The number of hydrogen-bond donors (Lipinski definition) is 1. The molecule has 0 aliphatic heterocycles. The van der Waals surface area contributed by atoms with Crippen LogP contribution in [-0.4, -0.2) is 15.5 Å². The lowest BCUT2D eigenvalue weighted by molar-refractivity contribution is 0.415. The number of methoxy groups -OCH3 is 1. The van der Waals surface area contributed by atoms with Gasteiger partial charge in [-0.3, -0.25) is 0 Å². The summed E-state index contributed by atoms with van der Waals surface area (Å²) in [5.74, 6) is 0.747. The Bertz CT molecular complexity index is 1010. The molecule has 26 heavy (non-hydrogen) atoms. The fourth-order valence-electron chi connectivity index (χ4n) is 2.94. The van der Waals surface area contributed by atoms with Gasteiger partial charge in [0, 0.05) is 6.04 Å². The number of nitrogens with one attached hydrogen (secondary N) is 1. The van der Waals surface area contributed by atoms with Crippen LogP contribution in [0.4, 0.5) is 0 Å². The zero-order valence-corrected chi connectivity index (χ0v) is 16.0. The standard InChI is InChI=1S/C21H23NO3S/c1-4-21(16-7-5-15(2)6-8-16)22-26(23,24)20-12-10-17-13-19(25-3)11-9-18(17)14-20/h5-14,21-22H,4H2,1-3H3. The molecule has 1 N–H and O–H groups in total. The monoisotopic (exact) mass is 369 g/mol. The molecule has 0 spiro atoms. The van der Waals surface area contributed by atoms with Crippen LogP contribution in [0.25, 0.3) is 10.8 Å². The summed E-state index contributed by atoms with van der Waals surface area (Å²) < 4.78 is 33.8. The average Bonchev–Trinajstić information content (AvgIpc) is 2.66. The molecule has 5 heteroatoms. The highest BCUT2D eigenvalue weighted by atomic mass is 32.2. The summed E-state index contributed by atoms with van der Waals surface area (Å²) in [6.45, 7) is 3.98. The van der Waals surface area contributed by atoms with E-state index in [2.05, 4.69) is 4.72 Å². The summed E-state index contributed by atoms with van der Waals surface area (Å²) in [5, 5.41) is 1.80. The molecule has 0 radical (unpaired) electrons. The molecule has 0 saturated carbocycles. The Balaban J connectivity index is 1.91. The second-order valence-electron chi connectivity index (χ2n) is 6.37. The molecule has 0 aromatic heterocycles. The maximum atomic E-state index is 12.9. The number of benzene rings is 3. The van der Waals surface area contributed by atoms with Crippen molar-refractivity contribution in [3.05, 3.63) is 71.8 Å². The molecule has 3 aromatic carbocycles. The van der Waals surface area contributed by atoms with Gasteiger partial charge in [-0.2, -0.15) is 0 Å². The van der Waals surface area contributed by atoms with E-state index in [9.17, 15) is 8.42 Å². The lowest BCUT2D eigenvalue weighted by atomic mass is 10.0. The van der Waals surface area contributed by atoms with Crippen molar-refractivity contribution in [1.29, 1.82) is 0 Å². The van der Waals surface area contributed by atoms with Gasteiger partial charge in [-0.05, 0) is 53.9 Å². The third-order valence-corrected chi connectivity index (χ3v) is 5.98. The Kier molecular flexibility index (Phi) is 5.30. The third-order valence-electron chi connectivity index (χ3n) is 4.51. The SMILES string of the molecule is CCC(NS(=O)(=O)c1ccc2cc(OC)ccc2c1)c1ccc(C)cc1. The zero-order chi connectivity index (χ0) is 18.7. The molecule has 0 fully saturated rings. The van der Waals surface area contributed by atoms with Crippen LogP contribution < -0.4 is 9.46 Å². The number of sulfonamides is 1. The molecule has 1 atom stereocenters. The molecule has 136 valence electrons. The molecule has 1 unspecified atom stereocenters. The molecule has 4 nitrogen and oxygen atoms in total. The summed E-state index contributed by atoms with van der Waals surface area (Å²) in [6, 6.07) is 18.4. The van der Waals surface area contributed by atoms with Gasteiger partial charge < -0.3 is 4.74 Å². The van der Waals surface area contributed by atoms with E-state index in [-0.39, 0.29) is 10.9 Å². The van der Waals surface area contributed by atoms with Gasteiger partial charge in [0.2, 0.25) is 10.0 Å². The van der Waals surface area contributed by atoms with E-state index in [1.165, 1.54) is 0 Å². The first-order chi connectivity index (χ1) is 12.4. The minimum atomic E-state index is -3.62. The molecular weight excluding hydrogens is 346 g/mol. The predicted octanol–water partition coefficient (Wildman–Crippen LogP) is 4.59. The Labute approximate surface area is 154 Å². The molecule has 3 rings (SSSR count). The smallest absolute Gasteiger partial charge is 0.241 e. The van der Waals surface area contributed by atoms with E-state index < -0.39 is 10.0 Å². The van der Waals surface area contributed by atoms with Gasteiger partial charge in [0.1, 0.15) is 5.75 Å². The van der Waals surface area contributed by atoms with Crippen molar-refractivity contribution < 1.29 is 13.2 Å². The summed E-state index contributed by atoms with van der Waals surface area (Å²) in [5.41, 5.74) is 2.11. The first-order valence-electron chi connectivity index (χ1n) is 8.59. The zero-order valence-electron chi connectivity index (χ0n) is 15.2. The summed E-state index contributed by atoms with van der Waals surface area (Å²) in [4.78, 5) is 0.265. The van der Waals surface area contributed by atoms with E-state index in [0.29, 0.717) is 6.42 Å². The largest absolute Gasteiger partial charge is 0.497 e. The molecule has 0 aliphatic carbocycles. The van der Waals surface area contributed by atoms with Crippen LogP contribution in [0, 0.1) is 6.92 Å². The number of hydrogen-bond acceptors (Lipinski definition) is 3. The third kappa shape index (κ3) is 3.89. The molecule has 0 aliphatic rings. The molecule has 0 saturated heterocycles. The number of fused-ring (bicyclic) bond motifs is 1.